The fraction of sp³-hybridized carbons (Fsp3) is 0.481. The van der Waals surface area contributed by atoms with Crippen molar-refractivity contribution in [2.24, 2.45) is 0 Å². The predicted molar refractivity (Wildman–Crippen MR) is 149 cm³/mol. The number of benzene rings is 2. The number of nitrogens with zero attached hydrogens (tertiary/aromatic N) is 4. The van der Waals surface area contributed by atoms with E-state index in [9.17, 15) is 13.2 Å². The number of thiazole rings is 1. The molecule has 0 saturated carbocycles. The normalized spacial score (nSPS) is 19.0. The summed E-state index contributed by atoms with van der Waals surface area (Å²) in [5.74, 6) is -0.193. The van der Waals surface area contributed by atoms with Crippen molar-refractivity contribution in [3.8, 4) is 0 Å². The smallest absolute Gasteiger partial charge is 0.260 e. The number of anilines is 1. The second-order valence-electron chi connectivity index (χ2n) is 9.51. The number of fused-ring (bicyclic) bond motifs is 1. The van der Waals surface area contributed by atoms with E-state index in [1.165, 1.54) is 27.8 Å². The Kier molecular flexibility index (Phi) is 8.65. The number of morpholine rings is 1. The molecule has 1 saturated heterocycles. The number of aromatic nitrogens is 1. The minimum Gasteiger partial charge on any atom is -0.373 e. The van der Waals surface area contributed by atoms with Crippen molar-refractivity contribution in [2.45, 2.75) is 51.7 Å². The molecule has 0 aliphatic carbocycles. The van der Waals surface area contributed by atoms with Crippen LogP contribution in [0.1, 0.15) is 43.6 Å². The van der Waals surface area contributed by atoms with Crippen molar-refractivity contribution in [1.82, 2.24) is 14.2 Å². The maximum Gasteiger partial charge on any atom is 0.260 e. The molecule has 1 amide bonds. The molecule has 0 spiro atoms. The van der Waals surface area contributed by atoms with Crippen molar-refractivity contribution in [3.05, 3.63) is 53.6 Å². The van der Waals surface area contributed by atoms with Gasteiger partial charge in [0.1, 0.15) is 0 Å². The standard InChI is InChI=1S/C27H36N4O4S2/c1-6-29(7-2)15-16-31(27-28-25-19(3)9-8-10-24(25)36-27)26(32)22-11-13-23(14-12-22)37(33,34)30-17-20(4)35-21(5)18-30/h8-14,20-21H,6-7,15-18H2,1-5H3. The lowest BCUT2D eigenvalue weighted by atomic mass is 10.2. The Bertz CT molecular complexity index is 1330. The molecule has 200 valence electrons. The predicted octanol–water partition coefficient (Wildman–Crippen LogP) is 4.39. The third kappa shape index (κ3) is 6.04. The zero-order valence-corrected chi connectivity index (χ0v) is 23.8. The summed E-state index contributed by atoms with van der Waals surface area (Å²) in [6.45, 7) is 13.6. The van der Waals surface area contributed by atoms with Crippen LogP contribution in [0.4, 0.5) is 5.13 Å². The molecule has 0 N–H and O–H groups in total. The summed E-state index contributed by atoms with van der Waals surface area (Å²) in [6, 6.07) is 12.3. The number of sulfonamides is 1. The fourth-order valence-electron chi connectivity index (χ4n) is 4.66. The number of hydrogen-bond acceptors (Lipinski definition) is 7. The Morgan fingerprint density at radius 2 is 1.70 bits per heavy atom. The Morgan fingerprint density at radius 3 is 2.30 bits per heavy atom. The van der Waals surface area contributed by atoms with Crippen LogP contribution >= 0.6 is 11.3 Å². The second kappa shape index (κ2) is 11.6. The summed E-state index contributed by atoms with van der Waals surface area (Å²) >= 11 is 1.50. The Labute approximate surface area is 223 Å². The summed E-state index contributed by atoms with van der Waals surface area (Å²) in [5.41, 5.74) is 2.40. The van der Waals surface area contributed by atoms with E-state index in [0.717, 1.165) is 28.9 Å². The summed E-state index contributed by atoms with van der Waals surface area (Å²) in [4.78, 5) is 22.7. The van der Waals surface area contributed by atoms with Crippen molar-refractivity contribution < 1.29 is 17.9 Å². The molecule has 2 atom stereocenters. The zero-order valence-electron chi connectivity index (χ0n) is 22.2. The van der Waals surface area contributed by atoms with Crippen LogP contribution in [-0.2, 0) is 14.8 Å². The van der Waals surface area contributed by atoms with Gasteiger partial charge in [0, 0.05) is 31.7 Å². The maximum absolute atomic E-state index is 13.7. The quantitative estimate of drug-likeness (QED) is 0.397. The molecule has 3 aromatic rings. The Balaban J connectivity index is 1.62. The number of likely N-dealkylation sites (N-methyl/N-ethyl adjacent to an activating group) is 1. The highest BCUT2D eigenvalue weighted by molar-refractivity contribution is 7.89. The first-order chi connectivity index (χ1) is 17.6. The van der Waals surface area contributed by atoms with Crippen LogP contribution in [0.2, 0.25) is 0 Å². The molecule has 4 rings (SSSR count). The highest BCUT2D eigenvalue weighted by Crippen LogP contribution is 2.31. The van der Waals surface area contributed by atoms with E-state index in [2.05, 4.69) is 18.7 Å². The Morgan fingerprint density at radius 1 is 1.05 bits per heavy atom. The molecule has 1 aliphatic heterocycles. The molecule has 10 heteroatoms. The molecule has 1 aliphatic rings. The number of para-hydroxylation sites is 1. The van der Waals surface area contributed by atoms with Crippen molar-refractivity contribution in [2.75, 3.05) is 44.2 Å². The van der Waals surface area contributed by atoms with Gasteiger partial charge in [-0.25, -0.2) is 13.4 Å². The minimum atomic E-state index is -3.68. The number of carbonyl (C=O) groups excluding carboxylic acids is 1. The first-order valence-corrected chi connectivity index (χ1v) is 15.1. The highest BCUT2D eigenvalue weighted by atomic mass is 32.2. The SMILES string of the molecule is CCN(CC)CCN(C(=O)c1ccc(S(=O)(=O)N2CC(C)OC(C)C2)cc1)c1nc2c(C)cccc2s1. The lowest BCUT2D eigenvalue weighted by Gasteiger charge is -2.34. The van der Waals surface area contributed by atoms with Crippen LogP contribution in [0.25, 0.3) is 10.2 Å². The third-order valence-corrected chi connectivity index (χ3v) is 9.63. The monoisotopic (exact) mass is 544 g/mol. The molecule has 0 bridgehead atoms. The summed E-state index contributed by atoms with van der Waals surface area (Å²) in [7, 11) is -3.68. The molecule has 1 fully saturated rings. The van der Waals surface area contributed by atoms with E-state index in [4.69, 9.17) is 9.72 Å². The fourth-order valence-corrected chi connectivity index (χ4v) is 7.32. The summed E-state index contributed by atoms with van der Waals surface area (Å²) in [6.07, 6.45) is -0.340. The number of ether oxygens (including phenoxy) is 1. The zero-order chi connectivity index (χ0) is 26.7. The average Bonchev–Trinajstić information content (AvgIpc) is 3.31. The van der Waals surface area contributed by atoms with Gasteiger partial charge in [0.25, 0.3) is 5.91 Å². The van der Waals surface area contributed by atoms with E-state index in [0.29, 0.717) is 36.9 Å². The largest absolute Gasteiger partial charge is 0.373 e. The first kappa shape index (κ1) is 27.7. The molecule has 2 aromatic carbocycles. The van der Waals surface area contributed by atoms with Gasteiger partial charge in [-0.15, -0.1) is 0 Å². The van der Waals surface area contributed by atoms with Crippen molar-refractivity contribution in [1.29, 1.82) is 0 Å². The molecule has 37 heavy (non-hydrogen) atoms. The minimum absolute atomic E-state index is 0.170. The number of amides is 1. The number of carbonyl (C=O) groups is 1. The number of hydrogen-bond donors (Lipinski definition) is 0. The topological polar surface area (TPSA) is 83.1 Å². The number of aryl methyl sites for hydroxylation is 1. The van der Waals surface area contributed by atoms with E-state index < -0.39 is 10.0 Å². The first-order valence-electron chi connectivity index (χ1n) is 12.8. The van der Waals surface area contributed by atoms with Crippen LogP contribution in [0.15, 0.2) is 47.4 Å². The van der Waals surface area contributed by atoms with E-state index in [1.54, 1.807) is 17.0 Å². The maximum atomic E-state index is 13.7. The van der Waals surface area contributed by atoms with Crippen molar-refractivity contribution in [3.63, 3.8) is 0 Å². The van der Waals surface area contributed by atoms with Crippen LogP contribution in [0.5, 0.6) is 0 Å². The van der Waals surface area contributed by atoms with Gasteiger partial charge >= 0.3 is 0 Å². The van der Waals surface area contributed by atoms with E-state index in [-0.39, 0.29) is 23.0 Å². The molecule has 2 heterocycles. The van der Waals surface area contributed by atoms with Gasteiger partial charge in [-0.1, -0.05) is 37.3 Å². The van der Waals surface area contributed by atoms with Crippen LogP contribution in [0.3, 0.4) is 0 Å². The van der Waals surface area contributed by atoms with Gasteiger partial charge in [0.15, 0.2) is 5.13 Å². The molecular formula is C27H36N4O4S2. The third-order valence-electron chi connectivity index (χ3n) is 6.74. The van der Waals surface area contributed by atoms with Crippen LogP contribution in [0, 0.1) is 6.92 Å². The van der Waals surface area contributed by atoms with Crippen molar-refractivity contribution >= 4 is 42.6 Å². The Hall–Kier alpha value is -2.37. The molecule has 8 nitrogen and oxygen atoms in total. The summed E-state index contributed by atoms with van der Waals surface area (Å²) in [5, 5.41) is 0.648. The molecule has 0 radical (unpaired) electrons. The van der Waals surface area contributed by atoms with Gasteiger partial charge < -0.3 is 9.64 Å². The molecular weight excluding hydrogens is 508 g/mol. The highest BCUT2D eigenvalue weighted by Gasteiger charge is 2.32. The van der Waals surface area contributed by atoms with Crippen LogP contribution < -0.4 is 4.90 Å². The van der Waals surface area contributed by atoms with Crippen LogP contribution in [-0.4, -0.2) is 80.0 Å². The molecule has 2 unspecified atom stereocenters. The lowest BCUT2D eigenvalue weighted by Crippen LogP contribution is -2.48. The van der Waals surface area contributed by atoms with Gasteiger partial charge in [-0.3, -0.25) is 9.69 Å². The average molecular weight is 545 g/mol. The summed E-state index contributed by atoms with van der Waals surface area (Å²) < 4.78 is 34.7. The number of rotatable bonds is 9. The van der Waals surface area contributed by atoms with E-state index in [1.807, 2.05) is 39.0 Å². The van der Waals surface area contributed by atoms with Gasteiger partial charge in [-0.2, -0.15) is 4.31 Å². The lowest BCUT2D eigenvalue weighted by molar-refractivity contribution is -0.0440. The van der Waals surface area contributed by atoms with E-state index >= 15 is 0 Å². The van der Waals surface area contributed by atoms with Gasteiger partial charge in [-0.05, 0) is 69.8 Å². The van der Waals surface area contributed by atoms with Gasteiger partial charge in [0.2, 0.25) is 10.0 Å². The van der Waals surface area contributed by atoms with Gasteiger partial charge in [0.05, 0.1) is 27.3 Å². The second-order valence-corrected chi connectivity index (χ2v) is 12.5. The molecule has 1 aromatic heterocycles.